The van der Waals surface area contributed by atoms with Crippen molar-refractivity contribution in [3.63, 3.8) is 0 Å². The van der Waals surface area contributed by atoms with E-state index in [0.29, 0.717) is 12.8 Å². The Labute approximate surface area is 144 Å². The number of hydrogen-bond acceptors (Lipinski definition) is 3. The van der Waals surface area contributed by atoms with Crippen LogP contribution in [0.2, 0.25) is 0 Å². The van der Waals surface area contributed by atoms with Crippen LogP contribution in [0.1, 0.15) is 18.9 Å². The summed E-state index contributed by atoms with van der Waals surface area (Å²) in [5, 5.41) is 0. The van der Waals surface area contributed by atoms with E-state index in [1.165, 1.54) is 0 Å². The van der Waals surface area contributed by atoms with Gasteiger partial charge in [0.25, 0.3) is 0 Å². The molecule has 0 aromatic heterocycles. The van der Waals surface area contributed by atoms with Crippen molar-refractivity contribution in [3.8, 4) is 5.75 Å². The number of nitrogens with one attached hydrogen (secondary N) is 1. The van der Waals surface area contributed by atoms with E-state index in [4.69, 9.17) is 0 Å². The third kappa shape index (κ3) is 6.39. The fourth-order valence-corrected chi connectivity index (χ4v) is 3.52. The molecule has 8 heteroatoms. The van der Waals surface area contributed by atoms with Gasteiger partial charge in [0.15, 0.2) is 0 Å². The van der Waals surface area contributed by atoms with Gasteiger partial charge in [0.2, 0.25) is 10.0 Å². The van der Waals surface area contributed by atoms with Crippen molar-refractivity contribution in [2.75, 3.05) is 0 Å². The van der Waals surface area contributed by atoms with E-state index in [1.54, 1.807) is 6.92 Å². The summed E-state index contributed by atoms with van der Waals surface area (Å²) in [6, 6.07) is 13.4. The minimum atomic E-state index is -4.81. The van der Waals surface area contributed by atoms with Crippen LogP contribution in [0.5, 0.6) is 5.75 Å². The van der Waals surface area contributed by atoms with Crippen molar-refractivity contribution in [2.45, 2.75) is 37.1 Å². The summed E-state index contributed by atoms with van der Waals surface area (Å²) in [4.78, 5) is -0.117. The van der Waals surface area contributed by atoms with E-state index in [9.17, 15) is 21.6 Å². The highest BCUT2D eigenvalue weighted by Crippen LogP contribution is 2.24. The quantitative estimate of drug-likeness (QED) is 0.801. The molecule has 0 saturated heterocycles. The number of alkyl halides is 3. The number of hydrogen-bond donors (Lipinski definition) is 1. The van der Waals surface area contributed by atoms with Crippen molar-refractivity contribution in [1.29, 1.82) is 0 Å². The molecule has 1 N–H and O–H groups in total. The van der Waals surface area contributed by atoms with Crippen LogP contribution in [-0.4, -0.2) is 20.8 Å². The molecule has 1 atom stereocenters. The Balaban J connectivity index is 1.96. The van der Waals surface area contributed by atoms with Crippen molar-refractivity contribution >= 4 is 10.0 Å². The third-order valence-corrected chi connectivity index (χ3v) is 5.04. The summed E-state index contributed by atoms with van der Waals surface area (Å²) in [5.74, 6) is -0.469. The van der Waals surface area contributed by atoms with Crippen molar-refractivity contribution in [1.82, 2.24) is 4.72 Å². The van der Waals surface area contributed by atoms with Crippen LogP contribution in [0.3, 0.4) is 0 Å². The largest absolute Gasteiger partial charge is 0.573 e. The van der Waals surface area contributed by atoms with E-state index >= 15 is 0 Å². The van der Waals surface area contributed by atoms with E-state index in [1.807, 2.05) is 30.3 Å². The van der Waals surface area contributed by atoms with Gasteiger partial charge in [-0.15, -0.1) is 13.2 Å². The number of aryl methyl sites for hydroxylation is 1. The Morgan fingerprint density at radius 2 is 1.64 bits per heavy atom. The molecule has 2 aromatic rings. The molecule has 4 nitrogen and oxygen atoms in total. The zero-order valence-corrected chi connectivity index (χ0v) is 14.3. The average molecular weight is 373 g/mol. The fourth-order valence-electron chi connectivity index (χ4n) is 2.24. The Morgan fingerprint density at radius 3 is 2.20 bits per heavy atom. The van der Waals surface area contributed by atoms with Gasteiger partial charge in [-0.05, 0) is 49.6 Å². The molecule has 0 radical (unpaired) electrons. The molecule has 2 aromatic carbocycles. The van der Waals surface area contributed by atoms with Crippen LogP contribution >= 0.6 is 0 Å². The minimum Gasteiger partial charge on any atom is -0.406 e. The number of sulfonamides is 1. The van der Waals surface area contributed by atoms with Crippen molar-refractivity contribution in [2.24, 2.45) is 0 Å². The van der Waals surface area contributed by atoms with Gasteiger partial charge >= 0.3 is 6.36 Å². The Bertz CT molecular complexity index is 775. The maximum absolute atomic E-state index is 12.3. The first-order valence-electron chi connectivity index (χ1n) is 7.58. The van der Waals surface area contributed by atoms with Gasteiger partial charge in [-0.25, -0.2) is 13.1 Å². The molecule has 1 unspecified atom stereocenters. The molecule has 0 aliphatic carbocycles. The van der Waals surface area contributed by atoms with E-state index in [-0.39, 0.29) is 10.9 Å². The second kappa shape index (κ2) is 7.88. The zero-order chi connectivity index (χ0) is 18.5. The lowest BCUT2D eigenvalue weighted by Crippen LogP contribution is -2.32. The standard InChI is InChI=1S/C17H18F3NO3S/c1-13(7-8-14-5-3-2-4-6-14)21-25(22,23)16-11-9-15(10-12-16)24-17(18,19)20/h2-6,9-13,21H,7-8H2,1H3. The summed E-state index contributed by atoms with van der Waals surface area (Å²) < 4.78 is 67.2. The molecule has 0 amide bonds. The maximum Gasteiger partial charge on any atom is 0.573 e. The lowest BCUT2D eigenvalue weighted by Gasteiger charge is -2.15. The number of ether oxygens (including phenoxy) is 1. The fraction of sp³-hybridized carbons (Fsp3) is 0.294. The number of halogens is 3. The van der Waals surface area contributed by atoms with Gasteiger partial charge in [0, 0.05) is 6.04 Å². The minimum absolute atomic E-state index is 0.117. The highest BCUT2D eigenvalue weighted by Gasteiger charge is 2.31. The smallest absolute Gasteiger partial charge is 0.406 e. The average Bonchev–Trinajstić information content (AvgIpc) is 2.52. The first-order valence-corrected chi connectivity index (χ1v) is 9.06. The highest BCUT2D eigenvalue weighted by atomic mass is 32.2. The molecule has 25 heavy (non-hydrogen) atoms. The SMILES string of the molecule is CC(CCc1ccccc1)NS(=O)(=O)c1ccc(OC(F)(F)F)cc1. The summed E-state index contributed by atoms with van der Waals surface area (Å²) >= 11 is 0. The third-order valence-electron chi connectivity index (χ3n) is 3.43. The van der Waals surface area contributed by atoms with Crippen molar-refractivity contribution < 1.29 is 26.3 Å². The summed E-state index contributed by atoms with van der Waals surface area (Å²) in [6.07, 6.45) is -3.51. The van der Waals surface area contributed by atoms with Gasteiger partial charge < -0.3 is 4.74 Å². The first-order chi connectivity index (χ1) is 11.7. The Morgan fingerprint density at radius 1 is 1.04 bits per heavy atom. The van der Waals surface area contributed by atoms with Gasteiger partial charge in [-0.1, -0.05) is 30.3 Å². The molecule has 0 fully saturated rings. The second-order valence-electron chi connectivity index (χ2n) is 5.57. The predicted octanol–water partition coefficient (Wildman–Crippen LogP) is 3.88. The Kier molecular flexibility index (Phi) is 6.07. The van der Waals surface area contributed by atoms with E-state index in [2.05, 4.69) is 9.46 Å². The van der Waals surface area contributed by atoms with Crippen molar-refractivity contribution in [3.05, 3.63) is 60.2 Å². The summed E-state index contributed by atoms with van der Waals surface area (Å²) in [7, 11) is -3.81. The van der Waals surface area contributed by atoms with Gasteiger partial charge in [-0.3, -0.25) is 0 Å². The number of benzene rings is 2. The van der Waals surface area contributed by atoms with Gasteiger partial charge in [-0.2, -0.15) is 0 Å². The lowest BCUT2D eigenvalue weighted by atomic mass is 10.1. The van der Waals surface area contributed by atoms with Gasteiger partial charge in [0.1, 0.15) is 5.75 Å². The molecule has 0 bridgehead atoms. The molecule has 0 heterocycles. The molecule has 2 rings (SSSR count). The molecule has 136 valence electrons. The molecular weight excluding hydrogens is 355 g/mol. The normalized spacial score (nSPS) is 13.4. The predicted molar refractivity (Wildman–Crippen MR) is 87.7 cm³/mol. The zero-order valence-electron chi connectivity index (χ0n) is 13.5. The lowest BCUT2D eigenvalue weighted by molar-refractivity contribution is -0.274. The van der Waals surface area contributed by atoms with Crippen LogP contribution in [0.4, 0.5) is 13.2 Å². The molecule has 0 saturated carbocycles. The van der Waals surface area contributed by atoms with Gasteiger partial charge in [0.05, 0.1) is 4.90 Å². The molecule has 0 aliphatic heterocycles. The van der Waals surface area contributed by atoms with Crippen LogP contribution in [0.25, 0.3) is 0 Å². The molecule has 0 spiro atoms. The maximum atomic E-state index is 12.3. The van der Waals surface area contributed by atoms with Crippen LogP contribution < -0.4 is 9.46 Å². The molecular formula is C17H18F3NO3S. The monoisotopic (exact) mass is 373 g/mol. The summed E-state index contributed by atoms with van der Waals surface area (Å²) in [5.41, 5.74) is 1.10. The Hall–Kier alpha value is -2.06. The van der Waals surface area contributed by atoms with Crippen LogP contribution in [0.15, 0.2) is 59.5 Å². The van der Waals surface area contributed by atoms with Crippen LogP contribution in [-0.2, 0) is 16.4 Å². The second-order valence-corrected chi connectivity index (χ2v) is 7.28. The molecule has 0 aliphatic rings. The number of rotatable bonds is 7. The highest BCUT2D eigenvalue weighted by molar-refractivity contribution is 7.89. The first kappa shape index (κ1) is 19.3. The van der Waals surface area contributed by atoms with E-state index < -0.39 is 22.1 Å². The summed E-state index contributed by atoms with van der Waals surface area (Å²) in [6.45, 7) is 1.74. The topological polar surface area (TPSA) is 55.4 Å². The van der Waals surface area contributed by atoms with E-state index in [0.717, 1.165) is 29.8 Å². The van der Waals surface area contributed by atoms with Crippen LogP contribution in [0, 0.1) is 0 Å².